The first kappa shape index (κ1) is 18.5. The number of carbonyl (C=O) groups is 1. The predicted octanol–water partition coefficient (Wildman–Crippen LogP) is 2.48. The van der Waals surface area contributed by atoms with Gasteiger partial charge in [0.05, 0.1) is 31.1 Å². The van der Waals surface area contributed by atoms with Gasteiger partial charge in [-0.1, -0.05) is 0 Å². The van der Waals surface area contributed by atoms with Crippen molar-refractivity contribution in [2.45, 2.75) is 34.1 Å². The minimum Gasteiger partial charge on any atom is -0.481 e. The maximum Gasteiger partial charge on any atom is 0.251 e. The third-order valence-corrected chi connectivity index (χ3v) is 4.17. The first-order valence-corrected chi connectivity index (χ1v) is 8.55. The van der Waals surface area contributed by atoms with E-state index in [9.17, 15) is 4.79 Å². The van der Waals surface area contributed by atoms with Crippen molar-refractivity contribution in [1.82, 2.24) is 24.7 Å². The summed E-state index contributed by atoms with van der Waals surface area (Å²) in [6.07, 6.45) is 1.76. The van der Waals surface area contributed by atoms with E-state index < -0.39 is 0 Å². The molecular formula is C19H22N6O2. The molecule has 3 rings (SSSR count). The lowest BCUT2D eigenvalue weighted by Gasteiger charge is -2.07. The van der Waals surface area contributed by atoms with E-state index in [1.165, 1.54) is 0 Å². The average molecular weight is 366 g/mol. The van der Waals surface area contributed by atoms with Crippen LogP contribution >= 0.6 is 0 Å². The Morgan fingerprint density at radius 2 is 1.85 bits per heavy atom. The Morgan fingerprint density at radius 1 is 1.15 bits per heavy atom. The van der Waals surface area contributed by atoms with Crippen molar-refractivity contribution in [3.8, 4) is 11.8 Å². The smallest absolute Gasteiger partial charge is 0.251 e. The summed E-state index contributed by atoms with van der Waals surface area (Å²) < 4.78 is 6.70. The number of ether oxygens (including phenoxy) is 1. The van der Waals surface area contributed by atoms with Gasteiger partial charge in [-0.2, -0.15) is 5.10 Å². The Hall–Kier alpha value is -3.29. The maximum atomic E-state index is 12.5. The molecule has 0 saturated carbocycles. The van der Waals surface area contributed by atoms with Crippen LogP contribution in [0.1, 0.15) is 28.3 Å². The van der Waals surface area contributed by atoms with E-state index in [4.69, 9.17) is 4.74 Å². The van der Waals surface area contributed by atoms with Crippen molar-refractivity contribution < 1.29 is 9.53 Å². The molecule has 0 aliphatic carbocycles. The van der Waals surface area contributed by atoms with Crippen LogP contribution in [0, 0.1) is 27.7 Å². The van der Waals surface area contributed by atoms with Gasteiger partial charge in [-0.15, -0.1) is 0 Å². The Labute approximate surface area is 157 Å². The third-order valence-electron chi connectivity index (χ3n) is 4.17. The fraction of sp³-hybridized carbons (Fsp3) is 0.316. The second-order valence-corrected chi connectivity index (χ2v) is 6.33. The summed E-state index contributed by atoms with van der Waals surface area (Å²) in [6.45, 7) is 7.63. The number of nitrogens with zero attached hydrogens (tertiary/aromatic N) is 5. The predicted molar refractivity (Wildman–Crippen MR) is 101 cm³/mol. The summed E-state index contributed by atoms with van der Waals surface area (Å²) in [5, 5.41) is 7.37. The summed E-state index contributed by atoms with van der Waals surface area (Å²) in [4.78, 5) is 25.4. The van der Waals surface area contributed by atoms with Gasteiger partial charge in [0.2, 0.25) is 11.8 Å². The van der Waals surface area contributed by atoms with Crippen molar-refractivity contribution in [3.63, 3.8) is 0 Å². The molecule has 3 aromatic heterocycles. The molecule has 0 aliphatic rings. The number of amides is 1. The molecule has 0 unspecified atom stereocenters. The van der Waals surface area contributed by atoms with Crippen molar-refractivity contribution in [1.29, 1.82) is 0 Å². The first-order valence-electron chi connectivity index (χ1n) is 8.55. The van der Waals surface area contributed by atoms with E-state index >= 15 is 0 Å². The van der Waals surface area contributed by atoms with Crippen LogP contribution in [0.2, 0.25) is 0 Å². The lowest BCUT2D eigenvalue weighted by molar-refractivity contribution is -0.115. The van der Waals surface area contributed by atoms with E-state index in [1.54, 1.807) is 30.1 Å². The highest BCUT2D eigenvalue weighted by molar-refractivity contribution is 5.92. The van der Waals surface area contributed by atoms with Gasteiger partial charge in [0, 0.05) is 28.7 Å². The molecule has 0 aromatic carbocycles. The molecule has 3 aromatic rings. The molecule has 0 aliphatic heterocycles. The van der Waals surface area contributed by atoms with E-state index in [2.05, 4.69) is 25.4 Å². The Bertz CT molecular complexity index is 958. The van der Waals surface area contributed by atoms with Gasteiger partial charge in [-0.3, -0.25) is 4.79 Å². The fourth-order valence-corrected chi connectivity index (χ4v) is 2.87. The molecule has 0 atom stereocenters. The first-order chi connectivity index (χ1) is 12.9. The highest BCUT2D eigenvalue weighted by Gasteiger charge is 2.18. The van der Waals surface area contributed by atoms with Crippen LogP contribution in [-0.2, 0) is 11.2 Å². The van der Waals surface area contributed by atoms with Crippen LogP contribution in [0.5, 0.6) is 5.88 Å². The van der Waals surface area contributed by atoms with Crippen LogP contribution in [0.15, 0.2) is 24.4 Å². The molecule has 8 nitrogen and oxygen atoms in total. The topological polar surface area (TPSA) is 94.8 Å². The zero-order valence-electron chi connectivity index (χ0n) is 16.1. The van der Waals surface area contributed by atoms with Gasteiger partial charge >= 0.3 is 0 Å². The summed E-state index contributed by atoms with van der Waals surface area (Å²) in [7, 11) is 1.54. The number of aryl methyl sites for hydroxylation is 3. The minimum absolute atomic E-state index is 0.144. The monoisotopic (exact) mass is 366 g/mol. The molecule has 8 heteroatoms. The quantitative estimate of drug-likeness (QED) is 0.745. The number of methoxy groups -OCH3 is 1. The number of carbonyl (C=O) groups excluding carboxylic acids is 1. The van der Waals surface area contributed by atoms with E-state index in [0.717, 1.165) is 28.3 Å². The van der Waals surface area contributed by atoms with Gasteiger partial charge < -0.3 is 10.1 Å². The number of aromatic nitrogens is 5. The standard InChI is InChI=1S/C19H22N6O2/c1-11-8-12(2)22-19(21-11)25-14(4)16(13(3)24-25)9-17(26)23-15-6-7-18(27-5)20-10-15/h6-8,10H,9H2,1-5H3,(H,23,26). The highest BCUT2D eigenvalue weighted by atomic mass is 16.5. The van der Waals surface area contributed by atoms with E-state index in [1.807, 2.05) is 33.8 Å². The maximum absolute atomic E-state index is 12.5. The van der Waals surface area contributed by atoms with Crippen LogP contribution < -0.4 is 10.1 Å². The summed E-state index contributed by atoms with van der Waals surface area (Å²) >= 11 is 0. The zero-order chi connectivity index (χ0) is 19.6. The van der Waals surface area contributed by atoms with Gasteiger partial charge in [-0.05, 0) is 39.8 Å². The number of anilines is 1. The van der Waals surface area contributed by atoms with Gasteiger partial charge in [0.15, 0.2) is 0 Å². The van der Waals surface area contributed by atoms with Gasteiger partial charge in [0.1, 0.15) is 0 Å². The average Bonchev–Trinajstić information content (AvgIpc) is 2.90. The molecule has 27 heavy (non-hydrogen) atoms. The van der Waals surface area contributed by atoms with Crippen LogP contribution in [0.3, 0.4) is 0 Å². The number of hydrogen-bond acceptors (Lipinski definition) is 6. The van der Waals surface area contributed by atoms with E-state index in [-0.39, 0.29) is 12.3 Å². The molecule has 1 N–H and O–H groups in total. The molecule has 3 heterocycles. The second kappa shape index (κ2) is 7.53. The van der Waals surface area contributed by atoms with Gasteiger partial charge in [0.25, 0.3) is 5.95 Å². The zero-order valence-corrected chi connectivity index (χ0v) is 16.1. The molecule has 0 spiro atoms. The number of pyridine rings is 1. The summed E-state index contributed by atoms with van der Waals surface area (Å²) in [6, 6.07) is 5.35. The molecule has 0 saturated heterocycles. The molecule has 0 fully saturated rings. The normalized spacial score (nSPS) is 10.7. The lowest BCUT2D eigenvalue weighted by atomic mass is 10.1. The molecule has 0 radical (unpaired) electrons. The minimum atomic E-state index is -0.144. The number of rotatable bonds is 5. The van der Waals surface area contributed by atoms with Crippen molar-refractivity contribution in [2.24, 2.45) is 0 Å². The molecule has 140 valence electrons. The SMILES string of the molecule is COc1ccc(NC(=O)Cc2c(C)nn(-c3nc(C)cc(C)n3)c2C)cn1. The molecular weight excluding hydrogens is 344 g/mol. The summed E-state index contributed by atoms with van der Waals surface area (Å²) in [5.41, 5.74) is 4.84. The second-order valence-electron chi connectivity index (χ2n) is 6.33. The number of hydrogen-bond donors (Lipinski definition) is 1. The van der Waals surface area contributed by atoms with Crippen LogP contribution in [0.4, 0.5) is 5.69 Å². The van der Waals surface area contributed by atoms with Crippen LogP contribution in [0.25, 0.3) is 5.95 Å². The Morgan fingerprint density at radius 3 is 2.44 bits per heavy atom. The van der Waals surface area contributed by atoms with Gasteiger partial charge in [-0.25, -0.2) is 19.6 Å². The Kier molecular flexibility index (Phi) is 5.16. The van der Waals surface area contributed by atoms with E-state index in [0.29, 0.717) is 17.5 Å². The molecule has 0 bridgehead atoms. The van der Waals surface area contributed by atoms with Crippen molar-refractivity contribution in [3.05, 3.63) is 52.7 Å². The Balaban J connectivity index is 1.80. The summed E-state index contributed by atoms with van der Waals surface area (Å²) in [5.74, 6) is 0.864. The fourth-order valence-electron chi connectivity index (χ4n) is 2.87. The third kappa shape index (κ3) is 4.11. The number of nitrogens with one attached hydrogen (secondary N) is 1. The lowest BCUT2D eigenvalue weighted by Crippen LogP contribution is -2.15. The van der Waals surface area contributed by atoms with Crippen molar-refractivity contribution in [2.75, 3.05) is 12.4 Å². The highest BCUT2D eigenvalue weighted by Crippen LogP contribution is 2.18. The van der Waals surface area contributed by atoms with Crippen LogP contribution in [-0.4, -0.2) is 37.7 Å². The van der Waals surface area contributed by atoms with Crippen molar-refractivity contribution >= 4 is 11.6 Å². The molecule has 1 amide bonds. The largest absolute Gasteiger partial charge is 0.481 e.